The van der Waals surface area contributed by atoms with Crippen molar-refractivity contribution in [2.24, 2.45) is 17.3 Å². The van der Waals surface area contributed by atoms with Crippen molar-refractivity contribution in [1.29, 1.82) is 0 Å². The van der Waals surface area contributed by atoms with Gasteiger partial charge in [0.2, 0.25) is 0 Å². The number of rotatable bonds is 14. The van der Waals surface area contributed by atoms with Gasteiger partial charge in [-0.1, -0.05) is 73.3 Å². The van der Waals surface area contributed by atoms with E-state index in [1.165, 1.54) is 41.5 Å². The lowest BCUT2D eigenvalue weighted by Gasteiger charge is -2.46. The van der Waals surface area contributed by atoms with Gasteiger partial charge >= 0.3 is 5.97 Å². The maximum absolute atomic E-state index is 12.8. The number of hydrogen-bond acceptors (Lipinski definition) is 3. The van der Waals surface area contributed by atoms with Crippen molar-refractivity contribution >= 4 is 41.0 Å². The number of Topliss-reactive ketones (excluding diaryl/α,β-unsaturated/α-hetero) is 1. The second kappa shape index (κ2) is 12.8. The number of aliphatic carboxylic acids is 1. The number of allylic oxidation sites excluding steroid dienone is 1. The Kier molecular flexibility index (Phi) is 9.49. The summed E-state index contributed by atoms with van der Waals surface area (Å²) >= 11 is 5.95. The minimum Gasteiger partial charge on any atom is -0.478 e. The highest BCUT2D eigenvalue weighted by atomic mass is 32.1. The number of carbonyl (C=O) groups excluding carboxylic acids is 1. The Balaban J connectivity index is 1.43. The first-order chi connectivity index (χ1) is 18.3. The van der Waals surface area contributed by atoms with Gasteiger partial charge in [-0.3, -0.25) is 4.79 Å². The van der Waals surface area contributed by atoms with E-state index in [0.29, 0.717) is 5.78 Å². The van der Waals surface area contributed by atoms with Crippen LogP contribution >= 0.6 is 12.2 Å². The fourth-order valence-electron chi connectivity index (χ4n) is 5.91. The lowest BCUT2D eigenvalue weighted by molar-refractivity contribution is -0.136. The van der Waals surface area contributed by atoms with Crippen LogP contribution in [0.5, 0.6) is 0 Å². The maximum Gasteiger partial charge on any atom is 0.328 e. The van der Waals surface area contributed by atoms with E-state index in [0.717, 1.165) is 67.4 Å². The van der Waals surface area contributed by atoms with Crippen molar-refractivity contribution < 1.29 is 14.7 Å². The molecule has 200 valence electrons. The molecule has 0 aromatic heterocycles. The number of hydrogen-bond donors (Lipinski definition) is 1. The van der Waals surface area contributed by atoms with E-state index in [4.69, 9.17) is 17.3 Å². The van der Waals surface area contributed by atoms with Gasteiger partial charge in [-0.05, 0) is 122 Å². The molecule has 1 atom stereocenters. The number of thiocarbonyl (C=S) groups is 1. The zero-order valence-corrected chi connectivity index (χ0v) is 23.6. The van der Waals surface area contributed by atoms with Gasteiger partial charge in [0.15, 0.2) is 0 Å². The summed E-state index contributed by atoms with van der Waals surface area (Å²) in [4.78, 5) is 24.7. The number of carboxylic acid groups (broad SMARTS) is 1. The first-order valence-corrected chi connectivity index (χ1v) is 14.5. The normalized spacial score (nSPS) is 17.4. The minimum absolute atomic E-state index is 0.198. The highest BCUT2D eigenvalue weighted by Gasteiger charge is 2.47. The molecule has 2 fully saturated rings. The molecule has 0 radical (unpaired) electrons. The smallest absolute Gasteiger partial charge is 0.328 e. The van der Waals surface area contributed by atoms with E-state index < -0.39 is 5.97 Å². The van der Waals surface area contributed by atoms with E-state index in [2.05, 4.69) is 49.4 Å². The predicted molar refractivity (Wildman–Crippen MR) is 160 cm³/mol. The third-order valence-electron chi connectivity index (χ3n) is 8.53. The van der Waals surface area contributed by atoms with Crippen LogP contribution in [0.4, 0.5) is 0 Å². The van der Waals surface area contributed by atoms with E-state index >= 15 is 0 Å². The summed E-state index contributed by atoms with van der Waals surface area (Å²) in [6.07, 6.45) is 17.4. The van der Waals surface area contributed by atoms with Crippen LogP contribution in [0.15, 0.2) is 54.6 Å². The molecule has 0 heterocycles. The molecule has 2 saturated carbocycles. The van der Waals surface area contributed by atoms with Gasteiger partial charge in [-0.25, -0.2) is 4.79 Å². The number of aryl methyl sites for hydroxylation is 1. The number of carbonyl (C=O) groups is 2. The summed E-state index contributed by atoms with van der Waals surface area (Å²) in [7, 11) is 0. The number of ketones is 1. The molecule has 0 spiro atoms. The third kappa shape index (κ3) is 7.38. The molecule has 1 unspecified atom stereocenters. The Morgan fingerprint density at radius 2 is 1.79 bits per heavy atom. The zero-order valence-electron chi connectivity index (χ0n) is 22.7. The lowest BCUT2D eigenvalue weighted by Crippen LogP contribution is -2.45. The molecule has 38 heavy (non-hydrogen) atoms. The number of benzene rings is 2. The van der Waals surface area contributed by atoms with Crippen LogP contribution in [-0.4, -0.2) is 21.7 Å². The fourth-order valence-corrected chi connectivity index (χ4v) is 6.22. The Bertz CT molecular complexity index is 1210. The second-order valence-corrected chi connectivity index (χ2v) is 11.9. The molecular formula is C34H40O3S. The molecule has 2 aromatic carbocycles. The average molecular weight is 529 g/mol. The summed E-state index contributed by atoms with van der Waals surface area (Å²) < 4.78 is 0. The Hall–Kier alpha value is -2.85. The van der Waals surface area contributed by atoms with Crippen molar-refractivity contribution in [3.05, 3.63) is 82.4 Å². The molecule has 2 aromatic rings. The van der Waals surface area contributed by atoms with Crippen LogP contribution in [0.1, 0.15) is 86.6 Å². The van der Waals surface area contributed by atoms with Crippen molar-refractivity contribution in [2.45, 2.75) is 78.1 Å². The predicted octanol–water partition coefficient (Wildman–Crippen LogP) is 8.08. The zero-order chi connectivity index (χ0) is 27.1. The van der Waals surface area contributed by atoms with E-state index in [-0.39, 0.29) is 11.3 Å². The van der Waals surface area contributed by atoms with Crippen LogP contribution in [0.25, 0.3) is 12.2 Å². The van der Waals surface area contributed by atoms with Gasteiger partial charge in [0.1, 0.15) is 5.78 Å². The number of carboxylic acids is 1. The summed E-state index contributed by atoms with van der Waals surface area (Å²) in [5.74, 6) is 0.388. The summed E-state index contributed by atoms with van der Waals surface area (Å²) in [5, 5.41) is 8.87. The molecule has 2 aliphatic carbocycles. The minimum atomic E-state index is -0.955. The van der Waals surface area contributed by atoms with Crippen LogP contribution < -0.4 is 0 Å². The van der Waals surface area contributed by atoms with Gasteiger partial charge in [-0.2, -0.15) is 0 Å². The van der Waals surface area contributed by atoms with Gasteiger partial charge in [-0.15, -0.1) is 0 Å². The van der Waals surface area contributed by atoms with E-state index in [1.54, 1.807) is 13.0 Å². The molecule has 0 bridgehead atoms. The van der Waals surface area contributed by atoms with Gasteiger partial charge < -0.3 is 5.11 Å². The topological polar surface area (TPSA) is 54.4 Å². The maximum atomic E-state index is 12.8. The summed E-state index contributed by atoms with van der Waals surface area (Å²) in [6.45, 7) is 3.83. The first kappa shape index (κ1) is 28.2. The molecule has 0 aliphatic heterocycles. The summed E-state index contributed by atoms with van der Waals surface area (Å²) in [5.41, 5.74) is 5.90. The average Bonchev–Trinajstić information content (AvgIpc) is 3.67. The van der Waals surface area contributed by atoms with Crippen LogP contribution in [-0.2, 0) is 28.9 Å². The summed E-state index contributed by atoms with van der Waals surface area (Å²) in [6, 6.07) is 14.9. The van der Waals surface area contributed by atoms with Crippen molar-refractivity contribution in [3.63, 3.8) is 0 Å². The molecule has 0 saturated heterocycles. The molecular weight excluding hydrogens is 488 g/mol. The molecule has 4 heteroatoms. The first-order valence-electron chi connectivity index (χ1n) is 14.1. The Morgan fingerprint density at radius 3 is 2.37 bits per heavy atom. The third-order valence-corrected chi connectivity index (χ3v) is 8.91. The monoisotopic (exact) mass is 528 g/mol. The van der Waals surface area contributed by atoms with Crippen molar-refractivity contribution in [1.82, 2.24) is 0 Å². The Labute approximate surface area is 233 Å². The molecule has 2 aliphatic rings. The van der Waals surface area contributed by atoms with Gasteiger partial charge in [0, 0.05) is 11.5 Å². The molecule has 3 nitrogen and oxygen atoms in total. The highest BCUT2D eigenvalue weighted by Crippen LogP contribution is 2.50. The fraction of sp³-hybridized carbons (Fsp3) is 0.441. The molecule has 4 rings (SSSR count). The second-order valence-electron chi connectivity index (χ2n) is 11.3. The largest absolute Gasteiger partial charge is 0.478 e. The quantitative estimate of drug-likeness (QED) is 0.199. The lowest BCUT2D eigenvalue weighted by atomic mass is 9.56. The highest BCUT2D eigenvalue weighted by molar-refractivity contribution is 7.80. The van der Waals surface area contributed by atoms with E-state index in [9.17, 15) is 9.59 Å². The molecule has 1 N–H and O–H groups in total. The van der Waals surface area contributed by atoms with Gasteiger partial charge in [0.25, 0.3) is 0 Å². The van der Waals surface area contributed by atoms with Crippen LogP contribution in [0, 0.1) is 17.3 Å². The standard InChI is InChI=1S/C34H40O3S/c1-3-5-29-15-12-27(21-30(29)20-26-10-11-26)13-16-32(38)23-31(34(24(2)35)18-4-19-34)22-28-8-6-25(7-9-28)14-17-33(36)37/h3,5-9,12,14-15,17,21,26,31H,4,10-11,13,16,18-20,22-23H2,1-2H3,(H,36,37). The van der Waals surface area contributed by atoms with Crippen molar-refractivity contribution in [3.8, 4) is 0 Å². The van der Waals surface area contributed by atoms with Crippen LogP contribution in [0.2, 0.25) is 0 Å². The molecule has 0 amide bonds. The van der Waals surface area contributed by atoms with Crippen LogP contribution in [0.3, 0.4) is 0 Å². The Morgan fingerprint density at radius 1 is 1.08 bits per heavy atom. The van der Waals surface area contributed by atoms with Gasteiger partial charge in [0.05, 0.1) is 0 Å². The SMILES string of the molecule is CC=Cc1ccc(CCC(=S)CC(Cc2ccc(C=CC(=O)O)cc2)C2(C(C)=O)CCC2)cc1CC1CC1. The van der Waals surface area contributed by atoms with Crippen molar-refractivity contribution in [2.75, 3.05) is 0 Å². The van der Waals surface area contributed by atoms with E-state index in [1.807, 2.05) is 12.1 Å².